The summed E-state index contributed by atoms with van der Waals surface area (Å²) in [7, 11) is -9.83. The largest absolute Gasteiger partial charge is 0.472 e. The van der Waals surface area contributed by atoms with E-state index in [2.05, 4.69) is 215 Å². The van der Waals surface area contributed by atoms with Gasteiger partial charge in [0, 0.05) is 19.3 Å². The van der Waals surface area contributed by atoms with E-state index in [4.69, 9.17) is 32.3 Å². The first-order valence-corrected chi connectivity index (χ1v) is 43.7. The van der Waals surface area contributed by atoms with Gasteiger partial charge in [-0.2, -0.15) is 0 Å². The van der Waals surface area contributed by atoms with Crippen LogP contribution in [0.4, 0.5) is 0 Å². The molecule has 0 aromatic rings. The topological polar surface area (TPSA) is 231 Å². The summed E-state index contributed by atoms with van der Waals surface area (Å²) in [6.07, 6.45) is 105. The van der Waals surface area contributed by atoms with Crippen molar-refractivity contribution in [3.63, 3.8) is 0 Å². The fraction of sp³-hybridized carbons (Fsp3) is 0.607. The predicted octanol–water partition coefficient (Wildman–Crippen LogP) is 24.3. The number of unbranched alkanes of at least 4 members (excludes halogenated alkanes) is 20. The predicted molar refractivity (Wildman–Crippen MR) is 444 cm³/mol. The summed E-state index contributed by atoms with van der Waals surface area (Å²) in [5.41, 5.74) is 0. The van der Waals surface area contributed by atoms with E-state index >= 15 is 0 Å². The van der Waals surface area contributed by atoms with Gasteiger partial charge in [0.1, 0.15) is 25.4 Å². The first-order valence-electron chi connectivity index (χ1n) is 40.7. The van der Waals surface area contributed by atoms with Crippen LogP contribution in [-0.2, 0) is 55.8 Å². The van der Waals surface area contributed by atoms with E-state index in [0.29, 0.717) is 19.3 Å². The van der Waals surface area contributed by atoms with Gasteiger partial charge in [0.2, 0.25) is 0 Å². The lowest BCUT2D eigenvalue weighted by molar-refractivity contribution is -0.161. The van der Waals surface area contributed by atoms with Crippen molar-refractivity contribution >= 4 is 33.6 Å². The number of aliphatic hydroxyl groups excluding tert-OH is 2. The second-order valence-electron chi connectivity index (χ2n) is 26.4. The molecule has 16 nitrogen and oxygen atoms in total. The number of carbonyl (C=O) groups excluding carboxylic acids is 3. The van der Waals surface area contributed by atoms with Crippen LogP contribution in [0.15, 0.2) is 194 Å². The van der Waals surface area contributed by atoms with Gasteiger partial charge in [0.15, 0.2) is 6.10 Å². The second-order valence-corrected chi connectivity index (χ2v) is 29.3. The van der Waals surface area contributed by atoms with E-state index in [1.165, 1.54) is 32.1 Å². The van der Waals surface area contributed by atoms with Crippen LogP contribution < -0.4 is 0 Å². The van der Waals surface area contributed by atoms with Crippen molar-refractivity contribution in [1.82, 2.24) is 0 Å². The molecule has 0 fully saturated rings. The Kier molecular flexibility index (Phi) is 75.7. The zero-order chi connectivity index (χ0) is 78.0. The highest BCUT2D eigenvalue weighted by Crippen LogP contribution is 2.45. The fourth-order valence-corrected chi connectivity index (χ4v) is 11.8. The van der Waals surface area contributed by atoms with Crippen LogP contribution in [0.5, 0.6) is 0 Å². The Morgan fingerprint density at radius 3 is 0.738 bits per heavy atom. The minimum Gasteiger partial charge on any atom is -0.463 e. The lowest BCUT2D eigenvalue weighted by Crippen LogP contribution is -2.30. The molecule has 606 valence electrons. The van der Waals surface area contributed by atoms with Crippen molar-refractivity contribution < 1.29 is 75.8 Å². The van der Waals surface area contributed by atoms with Gasteiger partial charge in [-0.15, -0.1) is 0 Å². The molecule has 5 atom stereocenters. The van der Waals surface area contributed by atoms with Gasteiger partial charge >= 0.3 is 33.6 Å². The minimum atomic E-state index is -4.95. The van der Waals surface area contributed by atoms with Gasteiger partial charge in [-0.25, -0.2) is 9.13 Å². The van der Waals surface area contributed by atoms with E-state index in [-0.39, 0.29) is 19.3 Å². The highest BCUT2D eigenvalue weighted by molar-refractivity contribution is 7.47. The molecule has 4 N–H and O–H groups in total. The molecule has 0 saturated heterocycles. The first-order chi connectivity index (χ1) is 52.2. The third-order valence-corrected chi connectivity index (χ3v) is 18.2. The van der Waals surface area contributed by atoms with Crippen LogP contribution in [0.25, 0.3) is 0 Å². The number of allylic oxidation sites excluding steroid dienone is 32. The van der Waals surface area contributed by atoms with E-state index in [1.807, 2.05) is 0 Å². The Bertz CT molecular complexity index is 2720. The molecule has 0 heterocycles. The Hall–Kier alpha value is -5.61. The summed E-state index contributed by atoms with van der Waals surface area (Å²) in [5.74, 6) is -1.63. The minimum absolute atomic E-state index is 0.0699. The number of aliphatic hydroxyl groups is 2. The molecule has 0 aromatic carbocycles. The molecule has 0 aliphatic rings. The average Bonchev–Trinajstić information content (AvgIpc) is 0.907. The molecule has 0 aliphatic heterocycles. The number of phosphoric acid groups is 2. The number of ether oxygens (including phenoxy) is 3. The normalized spacial score (nSPS) is 14.9. The van der Waals surface area contributed by atoms with Crippen LogP contribution in [0.1, 0.15) is 290 Å². The van der Waals surface area contributed by atoms with Crippen molar-refractivity contribution in [3.8, 4) is 0 Å². The standard InChI is InChI=1S/C89H144O16P2/c1-4-7-10-13-16-19-22-25-28-31-34-37-38-39-40-41-42-43-44-47-49-51-54-57-60-63-66-69-72-75-87(92)99-78-84(90)79-101-106(95,96)102-80-85(91)81-103-107(97,98)104-83-86(105-89(94)77-74-71-68-65-62-59-56-53-50-46-36-33-30-27-24-21-18-15-12-9-6-3)82-100-88(93)76-73-70-67-64-61-58-55-52-48-45-35-32-29-26-23-20-17-14-11-8-5-2/h7-12,16-21,25-30,34-37,39-40,42-43,45-46,52-53,55-56,84-86,90-91H,4-6,13-15,22-24,31-33,38,41,44,47-51,54,57-83H2,1-3H3,(H,95,96)(H,97,98)/b10-7-,11-8-,12-9-,19-16-,20-17-,21-18-,28-25-,29-26-,30-27-,37-34-,40-39-,43-42-,45-35-,46-36-,55-52-,56-53-. The van der Waals surface area contributed by atoms with Crippen molar-refractivity contribution in [1.29, 1.82) is 0 Å². The number of phosphoric ester groups is 2. The van der Waals surface area contributed by atoms with Gasteiger partial charge in [-0.1, -0.05) is 305 Å². The third kappa shape index (κ3) is 81.2. The smallest absolute Gasteiger partial charge is 0.463 e. The first kappa shape index (κ1) is 101. The molecular formula is C89H144O16P2. The summed E-state index contributed by atoms with van der Waals surface area (Å²) in [6.45, 7) is 2.27. The molecule has 5 unspecified atom stereocenters. The third-order valence-electron chi connectivity index (χ3n) is 16.3. The monoisotopic (exact) mass is 1530 g/mol. The quantitative estimate of drug-likeness (QED) is 0.0146. The maximum atomic E-state index is 13.0. The summed E-state index contributed by atoms with van der Waals surface area (Å²) >= 11 is 0. The highest BCUT2D eigenvalue weighted by Gasteiger charge is 2.29. The molecule has 0 aliphatic carbocycles. The van der Waals surface area contributed by atoms with Gasteiger partial charge < -0.3 is 34.2 Å². The molecule has 0 spiro atoms. The number of esters is 3. The molecule has 107 heavy (non-hydrogen) atoms. The lowest BCUT2D eigenvalue weighted by atomic mass is 10.1. The van der Waals surface area contributed by atoms with Crippen molar-refractivity contribution in [3.05, 3.63) is 194 Å². The van der Waals surface area contributed by atoms with Crippen LogP contribution in [-0.4, -0.2) is 95.9 Å². The Labute approximate surface area is 648 Å². The summed E-state index contributed by atoms with van der Waals surface area (Å²) in [5, 5.41) is 20.7. The average molecular weight is 1530 g/mol. The maximum Gasteiger partial charge on any atom is 0.472 e. The maximum absolute atomic E-state index is 13.0. The molecule has 0 bridgehead atoms. The fourth-order valence-electron chi connectivity index (χ4n) is 10.2. The Morgan fingerprint density at radius 2 is 0.467 bits per heavy atom. The van der Waals surface area contributed by atoms with Crippen molar-refractivity contribution in [2.24, 2.45) is 0 Å². The summed E-state index contributed by atoms with van der Waals surface area (Å²) in [6, 6.07) is 0. The molecule has 0 amide bonds. The molecular weight excluding hydrogens is 1390 g/mol. The van der Waals surface area contributed by atoms with Gasteiger partial charge in [0.25, 0.3) is 0 Å². The molecule has 0 saturated carbocycles. The Morgan fingerprint density at radius 1 is 0.262 bits per heavy atom. The van der Waals surface area contributed by atoms with Crippen molar-refractivity contribution in [2.75, 3.05) is 39.6 Å². The number of hydrogen-bond donors (Lipinski definition) is 4. The highest BCUT2D eigenvalue weighted by atomic mass is 31.2. The lowest BCUT2D eigenvalue weighted by Gasteiger charge is -2.21. The Balaban J connectivity index is 4.68. The van der Waals surface area contributed by atoms with Gasteiger partial charge in [0.05, 0.1) is 26.4 Å². The van der Waals surface area contributed by atoms with E-state index in [9.17, 15) is 43.5 Å². The van der Waals surface area contributed by atoms with Crippen LogP contribution >= 0.6 is 15.6 Å². The van der Waals surface area contributed by atoms with E-state index in [0.717, 1.165) is 199 Å². The van der Waals surface area contributed by atoms with Gasteiger partial charge in [-0.05, 0) is 161 Å². The summed E-state index contributed by atoms with van der Waals surface area (Å²) in [4.78, 5) is 58.8. The zero-order valence-corrected chi connectivity index (χ0v) is 68.0. The number of carbonyl (C=O) groups is 3. The molecule has 0 aromatic heterocycles. The number of rotatable bonds is 75. The SMILES string of the molecule is CC/C=C\C/C=C\C/C=C\C/C=C\C/C=C\C/C=C\CCCCCCCCCCCCC(=O)OCC(O)COP(=O)(O)OCC(O)COP(=O)(O)OCC(COC(=O)CCCCCCC/C=C\C/C=C\C/C=C\C/C=C\C/C=C\CC)OC(=O)CCCCCCC/C=C\C/C=C\C/C=C\C/C=C\C/C=C\CC. The van der Waals surface area contributed by atoms with Gasteiger partial charge in [-0.3, -0.25) is 32.5 Å². The van der Waals surface area contributed by atoms with Crippen LogP contribution in [0, 0.1) is 0 Å². The second kappa shape index (κ2) is 79.9. The van der Waals surface area contributed by atoms with E-state index in [1.54, 1.807) is 0 Å². The van der Waals surface area contributed by atoms with Crippen molar-refractivity contribution in [2.45, 2.75) is 309 Å². The zero-order valence-electron chi connectivity index (χ0n) is 66.2. The molecule has 0 rings (SSSR count). The van der Waals surface area contributed by atoms with Crippen LogP contribution in [0.2, 0.25) is 0 Å². The number of hydrogen-bond acceptors (Lipinski definition) is 14. The van der Waals surface area contributed by atoms with E-state index < -0.39 is 91.5 Å². The summed E-state index contributed by atoms with van der Waals surface area (Å²) < 4.78 is 61.2. The molecule has 18 heteroatoms. The molecule has 0 radical (unpaired) electrons. The van der Waals surface area contributed by atoms with Crippen LogP contribution in [0.3, 0.4) is 0 Å².